The number of nitrogens with zero attached hydrogens (tertiary/aromatic N) is 4. The molecule has 0 amide bonds. The first-order valence-electron chi connectivity index (χ1n) is 36.1. The van der Waals surface area contributed by atoms with Gasteiger partial charge in [0.15, 0.2) is 11.4 Å². The van der Waals surface area contributed by atoms with Crippen molar-refractivity contribution in [2.45, 2.75) is 81.5 Å². The van der Waals surface area contributed by atoms with Gasteiger partial charge in [-0.2, -0.15) is 9.15 Å². The predicted molar refractivity (Wildman–Crippen MR) is 429 cm³/mol. The molecule has 12 aromatic rings. The molecule has 4 unspecified atom stereocenters. The van der Waals surface area contributed by atoms with Gasteiger partial charge in [0.2, 0.25) is 11.4 Å². The summed E-state index contributed by atoms with van der Waals surface area (Å²) in [5, 5.41) is 10.4. The second-order valence-electron chi connectivity index (χ2n) is 30.2. The van der Waals surface area contributed by atoms with Crippen LogP contribution in [0.2, 0.25) is 0 Å². The molecule has 0 radical (unpaired) electrons. The SMILES string of the molecule is CN1/C(=C/C=C/C2=[N+](C)c3cc(Cc4cc5c(c6ccccc46)C(C)(Cc4ccccc4)C(/C=C/C=C4/N(C)c6ccc7ccccc7c6C4(C)Cc4ccccc4)=[N+]5C)c4ccccc4c3C2(C)Cc2ccccc2)C(C)(Cc2ccccc2)c2c1ccc1ccccc21.F[P-](F)(F)(F)(F)F.F[P-](F)(F)(F)(F)F. The third-order valence-corrected chi connectivity index (χ3v) is 22.4. The van der Waals surface area contributed by atoms with E-state index in [1.807, 2.05) is 0 Å². The molecule has 0 aliphatic carbocycles. The van der Waals surface area contributed by atoms with E-state index in [1.54, 1.807) is 0 Å². The molecular weight excluding hydrogens is 1440 g/mol. The van der Waals surface area contributed by atoms with Crippen molar-refractivity contribution in [3.05, 3.63) is 358 Å². The van der Waals surface area contributed by atoms with E-state index < -0.39 is 15.6 Å². The first-order chi connectivity index (χ1) is 51.1. The fourth-order valence-corrected chi connectivity index (χ4v) is 18.2. The quantitative estimate of drug-likeness (QED) is 0.0611. The van der Waals surface area contributed by atoms with Crippen LogP contribution < -0.4 is 9.80 Å². The molecule has 4 atom stereocenters. The molecule has 0 N–H and O–H groups in total. The fourth-order valence-electron chi connectivity index (χ4n) is 18.2. The molecule has 16 rings (SSSR count). The molecule has 18 heteroatoms. The zero-order valence-electron chi connectivity index (χ0n) is 61.5. The van der Waals surface area contributed by atoms with Crippen molar-refractivity contribution in [3.63, 3.8) is 0 Å². The first kappa shape index (κ1) is 75.4. The van der Waals surface area contributed by atoms with Gasteiger partial charge in [-0.15, -0.1) is 0 Å². The summed E-state index contributed by atoms with van der Waals surface area (Å²) in [5.41, 5.74) is 22.5. The zero-order valence-corrected chi connectivity index (χ0v) is 63.3. The van der Waals surface area contributed by atoms with Gasteiger partial charge in [0.25, 0.3) is 0 Å². The number of hydrogen-bond acceptors (Lipinski definition) is 2. The second-order valence-corrected chi connectivity index (χ2v) is 34.0. The van der Waals surface area contributed by atoms with Crippen molar-refractivity contribution >= 4 is 92.9 Å². The number of likely N-dealkylation sites (N-methyl/N-ethyl adjacent to an activating group) is 2. The van der Waals surface area contributed by atoms with E-state index in [9.17, 15) is 50.4 Å². The monoisotopic (exact) mass is 1520 g/mol. The number of benzene rings is 12. The van der Waals surface area contributed by atoms with Crippen molar-refractivity contribution < 1.29 is 59.5 Å². The summed E-state index contributed by atoms with van der Waals surface area (Å²) in [6, 6.07) is 95.2. The molecule has 4 heterocycles. The molecular formula is C91H82F12N4P2. The number of rotatable bonds is 14. The third-order valence-electron chi connectivity index (χ3n) is 22.4. The Labute approximate surface area is 626 Å². The van der Waals surface area contributed by atoms with Gasteiger partial charge < -0.3 is 9.80 Å². The summed E-state index contributed by atoms with van der Waals surface area (Å²) in [6.07, 6.45) is 18.7. The van der Waals surface area contributed by atoms with E-state index in [1.165, 1.54) is 144 Å². The van der Waals surface area contributed by atoms with Crippen molar-refractivity contribution in [2.24, 2.45) is 0 Å². The van der Waals surface area contributed by atoms with E-state index in [2.05, 4.69) is 366 Å². The average molecular weight is 1520 g/mol. The molecule has 0 saturated heterocycles. The molecule has 12 aromatic carbocycles. The van der Waals surface area contributed by atoms with Crippen LogP contribution in [0.5, 0.6) is 0 Å². The maximum atomic E-state index is 9.87. The zero-order chi connectivity index (χ0) is 77.6. The number of allylic oxidation sites excluding steroid dienone is 8. The number of hydrogen-bond donors (Lipinski definition) is 0. The molecule has 0 aromatic heterocycles. The molecule has 0 spiro atoms. The van der Waals surface area contributed by atoms with Crippen LogP contribution in [0.1, 0.15) is 83.3 Å². The summed E-state index contributed by atoms with van der Waals surface area (Å²) in [4.78, 5) is 4.90. The van der Waals surface area contributed by atoms with Crippen LogP contribution in [-0.4, -0.2) is 48.8 Å². The Morgan fingerprint density at radius 1 is 0.321 bits per heavy atom. The minimum absolute atomic E-state index is 0.280. The van der Waals surface area contributed by atoms with Crippen LogP contribution in [-0.2, 0) is 53.8 Å². The van der Waals surface area contributed by atoms with Crippen LogP contribution in [0, 0.1) is 0 Å². The van der Waals surface area contributed by atoms with Gasteiger partial charge in [-0.3, -0.25) is 0 Å². The summed E-state index contributed by atoms with van der Waals surface area (Å²) in [6.45, 7) is 9.92. The number of anilines is 2. The summed E-state index contributed by atoms with van der Waals surface area (Å²) >= 11 is 0. The Bertz CT molecular complexity index is 5450. The third kappa shape index (κ3) is 15.5. The van der Waals surface area contributed by atoms with E-state index in [0.29, 0.717) is 0 Å². The Kier molecular flexibility index (Phi) is 18.1. The molecule has 4 nitrogen and oxygen atoms in total. The van der Waals surface area contributed by atoms with Crippen molar-refractivity contribution in [2.75, 3.05) is 38.0 Å². The minimum atomic E-state index is -10.7. The normalized spacial score (nSPS) is 21.7. The van der Waals surface area contributed by atoms with E-state index in [4.69, 9.17) is 0 Å². The van der Waals surface area contributed by atoms with Gasteiger partial charge in [0, 0.05) is 83.1 Å². The molecule has 560 valence electrons. The number of fused-ring (bicyclic) bond motifs is 12. The van der Waals surface area contributed by atoms with Gasteiger partial charge in [0.1, 0.15) is 14.1 Å². The Balaban J connectivity index is 0.000000649. The molecule has 4 aliphatic heterocycles. The standard InChI is InChI=1S/C91H82N4.2F6P/c1-88(58-62-31-13-9-14-32-62)80(92(5)76-53-51-66-39-21-23-43-72(66)84(76)88)47-29-49-82-90(3,60-64-35-17-11-18-36-64)86-74-45-27-25-41-70(74)68(56-78(86)94(82)7)55-69-57-79-87(75-46-28-26-42-71(69)75)91(4,61-65-37-19-12-20-38-65)83(95(79)8)50-30-48-81-89(2,59-63-33-15-10-16-34-63)85-73-44-24-22-40-67(73)52-54-77(85)93(81)6;2*1-7(2,3,4,5)6/h9-54,56-57H,55,58-61H2,1-8H3;;/q+2;2*-1. The van der Waals surface area contributed by atoms with Crippen LogP contribution in [0.4, 0.5) is 73.1 Å². The first-order valence-corrected chi connectivity index (χ1v) is 40.1. The van der Waals surface area contributed by atoms with Gasteiger partial charge >= 0.3 is 66.0 Å². The van der Waals surface area contributed by atoms with Crippen molar-refractivity contribution in [3.8, 4) is 0 Å². The number of halogens is 12. The van der Waals surface area contributed by atoms with Crippen LogP contribution in [0.3, 0.4) is 0 Å². The molecule has 4 aliphatic rings. The van der Waals surface area contributed by atoms with Crippen LogP contribution in [0.25, 0.3) is 43.1 Å². The Hall–Kier alpha value is -10.4. The van der Waals surface area contributed by atoms with Crippen molar-refractivity contribution in [1.82, 2.24) is 0 Å². The predicted octanol–water partition coefficient (Wildman–Crippen LogP) is 27.3. The van der Waals surface area contributed by atoms with E-state index >= 15 is 0 Å². The van der Waals surface area contributed by atoms with Gasteiger partial charge in [-0.25, -0.2) is 0 Å². The Morgan fingerprint density at radius 3 is 0.899 bits per heavy atom. The topological polar surface area (TPSA) is 12.5 Å². The van der Waals surface area contributed by atoms with E-state index in [-0.39, 0.29) is 21.7 Å². The summed E-state index contributed by atoms with van der Waals surface area (Å²) in [7, 11) is -12.2. The maximum absolute atomic E-state index is 10.7. The van der Waals surface area contributed by atoms with Gasteiger partial charge in [0.05, 0.1) is 10.8 Å². The van der Waals surface area contributed by atoms with Crippen LogP contribution >= 0.6 is 15.6 Å². The fraction of sp³-hybridized carbons (Fsp3) is 0.187. The summed E-state index contributed by atoms with van der Waals surface area (Å²) in [5.74, 6) is 0. The van der Waals surface area contributed by atoms with Gasteiger partial charge in [-0.1, -0.05) is 243 Å². The molecule has 0 fully saturated rings. The average Bonchev–Trinajstić information content (AvgIpc) is 1.57. The summed E-state index contributed by atoms with van der Waals surface area (Å²) < 4.78 is 123. The van der Waals surface area contributed by atoms with E-state index in [0.717, 1.165) is 32.1 Å². The molecule has 0 bridgehead atoms. The molecule has 0 saturated carbocycles. The van der Waals surface area contributed by atoms with Crippen LogP contribution in [0.15, 0.2) is 303 Å². The Morgan fingerprint density at radius 2 is 0.587 bits per heavy atom. The molecule has 109 heavy (non-hydrogen) atoms. The van der Waals surface area contributed by atoms with Crippen molar-refractivity contribution in [1.29, 1.82) is 0 Å². The van der Waals surface area contributed by atoms with Gasteiger partial charge in [-0.05, 0) is 172 Å². The second kappa shape index (κ2) is 26.2.